The number of pyridine rings is 2. The summed E-state index contributed by atoms with van der Waals surface area (Å²) in [6, 6.07) is 3.45. The number of aromatic nitrogens is 2. The number of carbonyl (C=O) groups is 2. The Morgan fingerprint density at radius 3 is 2.46 bits per heavy atom. The third-order valence-corrected chi connectivity index (χ3v) is 5.89. The summed E-state index contributed by atoms with van der Waals surface area (Å²) in [4.78, 5) is 34.8. The van der Waals surface area contributed by atoms with Crippen molar-refractivity contribution in [1.82, 2.24) is 21.4 Å². The molecule has 192 valence electrons. The maximum Gasteiger partial charge on any atom is 0.407 e. The van der Waals surface area contributed by atoms with E-state index in [1.54, 1.807) is 6.07 Å². The molecule has 0 bridgehead atoms. The van der Waals surface area contributed by atoms with Crippen LogP contribution >= 0.6 is 0 Å². The van der Waals surface area contributed by atoms with Gasteiger partial charge in [-0.2, -0.15) is 4.98 Å². The topological polar surface area (TPSA) is 158 Å². The second-order valence-electron chi connectivity index (χ2n) is 9.72. The number of aromatic carboxylic acids is 1. The molecule has 2 aliphatic rings. The number of morpholine rings is 1. The highest BCUT2D eigenvalue weighted by molar-refractivity contribution is 5.94. The number of nitrogens with one attached hydrogen (secondary N) is 1. The number of anilines is 1. The third-order valence-electron chi connectivity index (χ3n) is 5.89. The van der Waals surface area contributed by atoms with Crippen molar-refractivity contribution in [3.63, 3.8) is 0 Å². The van der Waals surface area contributed by atoms with E-state index in [9.17, 15) is 14.7 Å². The summed E-state index contributed by atoms with van der Waals surface area (Å²) in [5.74, 6) is 0.0751. The van der Waals surface area contributed by atoms with E-state index in [0.717, 1.165) is 31.5 Å². The van der Waals surface area contributed by atoms with Gasteiger partial charge in [0, 0.05) is 31.4 Å². The number of fused-ring (bicyclic) bond motifs is 1. The van der Waals surface area contributed by atoms with Crippen LogP contribution < -0.4 is 21.1 Å². The van der Waals surface area contributed by atoms with Crippen molar-refractivity contribution in [2.45, 2.75) is 64.2 Å². The molecule has 1 amide bonds. The average Bonchev–Trinajstić information content (AvgIpc) is 2.79. The molecule has 0 radical (unpaired) electrons. The van der Waals surface area contributed by atoms with Crippen molar-refractivity contribution in [1.29, 1.82) is 0 Å². The summed E-state index contributed by atoms with van der Waals surface area (Å²) in [5.41, 5.74) is 0.186. The Balaban J connectivity index is 0.00000342. The molecule has 11 heteroatoms. The number of hydrogen-bond acceptors (Lipinski definition) is 9. The van der Waals surface area contributed by atoms with Gasteiger partial charge in [0.05, 0.1) is 29.7 Å². The summed E-state index contributed by atoms with van der Waals surface area (Å²) in [6.45, 7) is 8.18. The highest BCUT2D eigenvalue weighted by Gasteiger charge is 2.27. The molecule has 11 nitrogen and oxygen atoms in total. The highest BCUT2D eigenvalue weighted by Crippen LogP contribution is 2.31. The van der Waals surface area contributed by atoms with E-state index in [-0.39, 0.29) is 23.9 Å². The normalized spacial score (nSPS) is 20.6. The van der Waals surface area contributed by atoms with Crippen LogP contribution in [0.2, 0.25) is 0 Å². The molecular formula is C24H35N5O6. The van der Waals surface area contributed by atoms with Crippen molar-refractivity contribution in [2.75, 3.05) is 31.2 Å². The molecule has 3 heterocycles. The smallest absolute Gasteiger partial charge is 0.407 e. The molecule has 0 aromatic carbocycles. The van der Waals surface area contributed by atoms with Crippen LogP contribution in [0.3, 0.4) is 0 Å². The van der Waals surface area contributed by atoms with Gasteiger partial charge < -0.3 is 35.7 Å². The molecule has 0 spiro atoms. The van der Waals surface area contributed by atoms with E-state index >= 15 is 0 Å². The molecular weight excluding hydrogens is 454 g/mol. The second kappa shape index (κ2) is 11.0. The summed E-state index contributed by atoms with van der Waals surface area (Å²) in [7, 11) is 0. The Morgan fingerprint density at radius 2 is 1.83 bits per heavy atom. The van der Waals surface area contributed by atoms with Crippen molar-refractivity contribution >= 4 is 28.8 Å². The SMILES string of the molecule is CC(C)(C)OC(=O)NC1CCC(Oc2nc(N3CCOCC3)cc3ncc(C(=O)O)cc23)CC1.N. The lowest BCUT2D eigenvalue weighted by Gasteiger charge is -2.31. The van der Waals surface area contributed by atoms with Crippen molar-refractivity contribution in [3.05, 3.63) is 23.9 Å². The number of carboxylic acid groups (broad SMARTS) is 1. The van der Waals surface area contributed by atoms with Crippen LogP contribution in [-0.2, 0) is 9.47 Å². The number of alkyl carbamates (subject to hydrolysis) is 1. The van der Waals surface area contributed by atoms with Gasteiger partial charge in [0.25, 0.3) is 0 Å². The minimum Gasteiger partial charge on any atom is -0.478 e. The van der Waals surface area contributed by atoms with Crippen LogP contribution in [-0.4, -0.2) is 71.2 Å². The van der Waals surface area contributed by atoms with Gasteiger partial charge in [-0.15, -0.1) is 0 Å². The van der Waals surface area contributed by atoms with Gasteiger partial charge in [-0.3, -0.25) is 4.98 Å². The van der Waals surface area contributed by atoms with Crippen molar-refractivity contribution in [3.8, 4) is 5.88 Å². The van der Waals surface area contributed by atoms with E-state index < -0.39 is 17.7 Å². The van der Waals surface area contributed by atoms with Gasteiger partial charge in [0.15, 0.2) is 0 Å². The Morgan fingerprint density at radius 1 is 1.14 bits per heavy atom. The fourth-order valence-electron chi connectivity index (χ4n) is 4.20. The fraction of sp³-hybridized carbons (Fsp3) is 0.583. The maximum atomic E-state index is 12.1. The van der Waals surface area contributed by atoms with Gasteiger partial charge in [0.2, 0.25) is 5.88 Å². The Hall–Kier alpha value is -3.18. The summed E-state index contributed by atoms with van der Waals surface area (Å²) >= 11 is 0. The summed E-state index contributed by atoms with van der Waals surface area (Å²) < 4.78 is 17.1. The largest absolute Gasteiger partial charge is 0.478 e. The lowest BCUT2D eigenvalue weighted by Crippen LogP contribution is -2.42. The molecule has 1 aliphatic carbocycles. The number of carboxylic acids is 1. The maximum absolute atomic E-state index is 12.1. The van der Waals surface area contributed by atoms with Crippen LogP contribution in [0.5, 0.6) is 5.88 Å². The fourth-order valence-corrected chi connectivity index (χ4v) is 4.20. The van der Waals surface area contributed by atoms with E-state index in [2.05, 4.69) is 15.2 Å². The Kier molecular flexibility index (Phi) is 8.34. The number of carbonyl (C=O) groups excluding carboxylic acids is 1. The molecule has 4 rings (SSSR count). The number of amides is 1. The highest BCUT2D eigenvalue weighted by atomic mass is 16.6. The van der Waals surface area contributed by atoms with Crippen molar-refractivity contribution in [2.24, 2.45) is 0 Å². The molecule has 1 saturated heterocycles. The van der Waals surface area contributed by atoms with Crippen molar-refractivity contribution < 1.29 is 28.9 Å². The molecule has 1 saturated carbocycles. The number of ether oxygens (including phenoxy) is 3. The second-order valence-corrected chi connectivity index (χ2v) is 9.72. The molecule has 35 heavy (non-hydrogen) atoms. The van der Waals surface area contributed by atoms with Gasteiger partial charge >= 0.3 is 12.1 Å². The van der Waals surface area contributed by atoms with Crippen LogP contribution in [0.1, 0.15) is 56.8 Å². The minimum atomic E-state index is -1.05. The van der Waals surface area contributed by atoms with Crippen LogP contribution in [0, 0.1) is 0 Å². The Bertz CT molecular complexity index is 1040. The lowest BCUT2D eigenvalue weighted by molar-refractivity contribution is 0.0469. The molecule has 5 N–H and O–H groups in total. The first-order valence-electron chi connectivity index (χ1n) is 11.7. The summed E-state index contributed by atoms with van der Waals surface area (Å²) in [5, 5.41) is 12.9. The molecule has 0 atom stereocenters. The first kappa shape index (κ1) is 26.4. The summed E-state index contributed by atoms with van der Waals surface area (Å²) in [6.07, 6.45) is 3.82. The molecule has 2 fully saturated rings. The molecule has 1 aliphatic heterocycles. The van der Waals surface area contributed by atoms with E-state index in [0.29, 0.717) is 43.1 Å². The van der Waals surface area contributed by atoms with Crippen LogP contribution in [0.4, 0.5) is 10.6 Å². The third kappa shape index (κ3) is 6.92. The van der Waals surface area contributed by atoms with Gasteiger partial charge in [0.1, 0.15) is 17.5 Å². The number of hydrogen-bond donors (Lipinski definition) is 3. The zero-order chi connectivity index (χ0) is 24.3. The quantitative estimate of drug-likeness (QED) is 0.567. The first-order valence-corrected chi connectivity index (χ1v) is 11.7. The van der Waals surface area contributed by atoms with E-state index in [4.69, 9.17) is 19.2 Å². The Labute approximate surface area is 204 Å². The van der Waals surface area contributed by atoms with Gasteiger partial charge in [-0.05, 0) is 52.5 Å². The molecule has 2 aromatic rings. The average molecular weight is 490 g/mol. The van der Waals surface area contributed by atoms with E-state index in [1.165, 1.54) is 6.20 Å². The van der Waals surface area contributed by atoms with Crippen LogP contribution in [0.15, 0.2) is 18.3 Å². The lowest BCUT2D eigenvalue weighted by atomic mass is 9.93. The zero-order valence-corrected chi connectivity index (χ0v) is 20.6. The first-order chi connectivity index (χ1) is 16.2. The molecule has 2 aromatic heterocycles. The predicted octanol–water partition coefficient (Wildman–Crippen LogP) is 3.54. The predicted molar refractivity (Wildman–Crippen MR) is 131 cm³/mol. The monoisotopic (exact) mass is 489 g/mol. The zero-order valence-electron chi connectivity index (χ0n) is 20.6. The van der Waals surface area contributed by atoms with Gasteiger partial charge in [-0.1, -0.05) is 0 Å². The standard InChI is InChI=1S/C24H32N4O6.H3N/c1-24(2,3)34-23(31)26-16-4-6-17(7-5-16)33-21-18-12-15(22(29)30)14-25-19(18)13-20(27-21)28-8-10-32-11-9-28;/h12-14,16-17H,4-11H2,1-3H3,(H,26,31)(H,29,30);1H3. The minimum absolute atomic E-state index is 0. The number of nitrogens with zero attached hydrogens (tertiary/aromatic N) is 3. The van der Waals surface area contributed by atoms with Crippen LogP contribution in [0.25, 0.3) is 10.9 Å². The molecule has 0 unspecified atom stereocenters. The van der Waals surface area contributed by atoms with Gasteiger partial charge in [-0.25, -0.2) is 9.59 Å². The number of rotatable bonds is 5. The van der Waals surface area contributed by atoms with E-state index in [1.807, 2.05) is 26.8 Å².